The summed E-state index contributed by atoms with van der Waals surface area (Å²) in [6.07, 6.45) is 4.33. The van der Waals surface area contributed by atoms with Gasteiger partial charge >= 0.3 is 0 Å². The summed E-state index contributed by atoms with van der Waals surface area (Å²) in [5.41, 5.74) is 4.06. The molecule has 2 aromatic heterocycles. The molecule has 3 heteroatoms. The van der Waals surface area contributed by atoms with E-state index in [0.717, 1.165) is 6.54 Å². The lowest BCUT2D eigenvalue weighted by atomic mass is 10.1. The quantitative estimate of drug-likeness (QED) is 0.527. The Morgan fingerprint density at radius 1 is 1.31 bits per heavy atom. The molecule has 0 aliphatic heterocycles. The molecule has 2 nitrogen and oxygen atoms in total. The molecule has 0 bridgehead atoms. The molecule has 0 saturated heterocycles. The fourth-order valence-corrected chi connectivity index (χ4v) is 2.23. The summed E-state index contributed by atoms with van der Waals surface area (Å²) in [6, 6.07) is 4.40. The molecule has 0 unspecified atom stereocenters. The van der Waals surface area contributed by atoms with Crippen LogP contribution in [0.2, 0.25) is 0 Å². The normalized spacial score (nSPS) is 10.8. The van der Waals surface area contributed by atoms with Crippen molar-refractivity contribution in [1.82, 2.24) is 4.40 Å². The van der Waals surface area contributed by atoms with Gasteiger partial charge in [-0.3, -0.25) is 0 Å². The highest BCUT2D eigenvalue weighted by Crippen LogP contribution is 2.18. The minimum absolute atomic E-state index is 0. The van der Waals surface area contributed by atoms with Gasteiger partial charge in [-0.15, -0.1) is 0 Å². The van der Waals surface area contributed by atoms with Crippen LogP contribution >= 0.6 is 0 Å². The third kappa shape index (κ3) is 2.10. The Hall–Kier alpha value is -0.580. The summed E-state index contributed by atoms with van der Waals surface area (Å²) in [5, 5.41) is 0. The van der Waals surface area contributed by atoms with Gasteiger partial charge in [0.1, 0.15) is 12.1 Å². The molecule has 2 aromatic rings. The van der Waals surface area contributed by atoms with Crippen LogP contribution in [0.25, 0.3) is 5.52 Å². The van der Waals surface area contributed by atoms with Crippen molar-refractivity contribution >= 4 is 5.52 Å². The molecular formula is C13H19IN2. The highest BCUT2D eigenvalue weighted by Gasteiger charge is 2.18. The first-order chi connectivity index (χ1) is 7.15. The fraction of sp³-hybridized carbons (Fsp3) is 0.462. The molecule has 0 saturated carbocycles. The number of hydrogen-bond acceptors (Lipinski definition) is 0. The highest BCUT2D eigenvalue weighted by atomic mass is 127. The van der Waals surface area contributed by atoms with Gasteiger partial charge in [-0.05, 0) is 26.0 Å². The molecule has 0 amide bonds. The van der Waals surface area contributed by atoms with E-state index < -0.39 is 0 Å². The Labute approximate surface area is 114 Å². The van der Waals surface area contributed by atoms with Gasteiger partial charge in [0, 0.05) is 11.6 Å². The van der Waals surface area contributed by atoms with Crippen molar-refractivity contribution in [3.8, 4) is 0 Å². The van der Waals surface area contributed by atoms with E-state index in [9.17, 15) is 0 Å². The maximum atomic E-state index is 2.33. The smallest absolute Gasteiger partial charge is 0.208 e. The summed E-state index contributed by atoms with van der Waals surface area (Å²) in [5.74, 6) is 0.558. The van der Waals surface area contributed by atoms with Crippen LogP contribution in [0.5, 0.6) is 0 Å². The van der Waals surface area contributed by atoms with Crippen molar-refractivity contribution < 1.29 is 28.5 Å². The first kappa shape index (κ1) is 13.5. The van der Waals surface area contributed by atoms with Gasteiger partial charge in [-0.2, -0.15) is 4.57 Å². The SMILES string of the molecule is CC[n+]1ccn2c(C)ccc2c1C(C)C.[I-]. The molecule has 0 aromatic carbocycles. The van der Waals surface area contributed by atoms with E-state index in [-0.39, 0.29) is 24.0 Å². The lowest BCUT2D eigenvalue weighted by Gasteiger charge is -2.08. The topological polar surface area (TPSA) is 8.29 Å². The van der Waals surface area contributed by atoms with Crippen molar-refractivity contribution in [2.45, 2.75) is 40.2 Å². The summed E-state index contributed by atoms with van der Waals surface area (Å²) in [7, 11) is 0. The van der Waals surface area contributed by atoms with E-state index in [1.807, 2.05) is 0 Å². The Kier molecular flexibility index (Phi) is 4.35. The van der Waals surface area contributed by atoms with Crippen molar-refractivity contribution in [1.29, 1.82) is 0 Å². The Balaban J connectivity index is 0.00000128. The second-order valence-electron chi connectivity index (χ2n) is 4.35. The van der Waals surface area contributed by atoms with Gasteiger partial charge in [0.05, 0.1) is 6.20 Å². The van der Waals surface area contributed by atoms with Gasteiger partial charge in [-0.25, -0.2) is 0 Å². The zero-order valence-corrected chi connectivity index (χ0v) is 12.5. The Morgan fingerprint density at radius 2 is 2.00 bits per heavy atom. The summed E-state index contributed by atoms with van der Waals surface area (Å²) in [4.78, 5) is 0. The highest BCUT2D eigenvalue weighted by molar-refractivity contribution is 5.53. The van der Waals surface area contributed by atoms with E-state index in [1.165, 1.54) is 16.9 Å². The molecule has 2 rings (SSSR count). The number of hydrogen-bond donors (Lipinski definition) is 0. The van der Waals surface area contributed by atoms with Gasteiger partial charge < -0.3 is 28.4 Å². The summed E-state index contributed by atoms with van der Waals surface area (Å²) >= 11 is 0. The van der Waals surface area contributed by atoms with Crippen LogP contribution in [0.15, 0.2) is 24.5 Å². The molecule has 0 fully saturated rings. The van der Waals surface area contributed by atoms with E-state index in [4.69, 9.17) is 0 Å². The van der Waals surface area contributed by atoms with Gasteiger partial charge in [0.15, 0.2) is 6.20 Å². The van der Waals surface area contributed by atoms with Crippen LogP contribution in [0.4, 0.5) is 0 Å². The van der Waals surface area contributed by atoms with E-state index in [0.29, 0.717) is 5.92 Å². The molecule has 0 spiro atoms. The van der Waals surface area contributed by atoms with Crippen LogP contribution in [0.3, 0.4) is 0 Å². The van der Waals surface area contributed by atoms with E-state index >= 15 is 0 Å². The van der Waals surface area contributed by atoms with Crippen LogP contribution < -0.4 is 28.5 Å². The van der Waals surface area contributed by atoms with Crippen molar-refractivity contribution in [2.75, 3.05) is 0 Å². The Morgan fingerprint density at radius 3 is 2.56 bits per heavy atom. The van der Waals surface area contributed by atoms with Crippen LogP contribution in [-0.2, 0) is 6.54 Å². The number of aryl methyl sites for hydroxylation is 2. The molecule has 2 heterocycles. The number of halogens is 1. The molecule has 0 atom stereocenters. The monoisotopic (exact) mass is 330 g/mol. The average Bonchev–Trinajstić information content (AvgIpc) is 2.58. The second-order valence-corrected chi connectivity index (χ2v) is 4.35. The molecule has 0 aliphatic rings. The van der Waals surface area contributed by atoms with Crippen molar-refractivity contribution in [2.24, 2.45) is 0 Å². The lowest BCUT2D eigenvalue weighted by molar-refractivity contribution is -0.701. The number of aromatic nitrogens is 2. The lowest BCUT2D eigenvalue weighted by Crippen LogP contribution is -3.00. The maximum absolute atomic E-state index is 2.33. The fourth-order valence-electron chi connectivity index (χ4n) is 2.23. The molecule has 0 aliphatic carbocycles. The maximum Gasteiger partial charge on any atom is 0.208 e. The molecule has 0 radical (unpaired) electrons. The third-order valence-corrected chi connectivity index (χ3v) is 2.98. The average molecular weight is 330 g/mol. The van der Waals surface area contributed by atoms with Gasteiger partial charge in [-0.1, -0.05) is 13.8 Å². The second kappa shape index (κ2) is 5.17. The van der Waals surface area contributed by atoms with Crippen molar-refractivity contribution in [3.05, 3.63) is 35.9 Å². The third-order valence-electron chi connectivity index (χ3n) is 2.98. The zero-order chi connectivity index (χ0) is 11.0. The molecular weight excluding hydrogens is 311 g/mol. The number of rotatable bonds is 2. The predicted octanol–water partition coefficient (Wildman–Crippen LogP) is -0.317. The summed E-state index contributed by atoms with van der Waals surface area (Å²) in [6.45, 7) is 9.88. The predicted molar refractivity (Wildman–Crippen MR) is 62.1 cm³/mol. The summed E-state index contributed by atoms with van der Waals surface area (Å²) < 4.78 is 4.60. The minimum Gasteiger partial charge on any atom is -1.00 e. The number of fused-ring (bicyclic) bond motifs is 1. The zero-order valence-electron chi connectivity index (χ0n) is 10.4. The van der Waals surface area contributed by atoms with Crippen LogP contribution in [0.1, 0.15) is 38.1 Å². The van der Waals surface area contributed by atoms with Gasteiger partial charge in [0.25, 0.3) is 0 Å². The van der Waals surface area contributed by atoms with Crippen LogP contribution in [-0.4, -0.2) is 4.40 Å². The Bertz CT molecular complexity index is 486. The van der Waals surface area contributed by atoms with Crippen LogP contribution in [0, 0.1) is 6.92 Å². The largest absolute Gasteiger partial charge is 1.00 e. The first-order valence-corrected chi connectivity index (χ1v) is 5.65. The van der Waals surface area contributed by atoms with E-state index in [1.54, 1.807) is 0 Å². The standard InChI is InChI=1S/C13H19N2.HI/c1-5-14-8-9-15-11(4)6-7-12(15)13(14)10(2)3;/h6-10H,5H2,1-4H3;1H/q+1;/p-1. The van der Waals surface area contributed by atoms with E-state index in [2.05, 4.69) is 61.2 Å². The minimum atomic E-state index is 0. The molecule has 88 valence electrons. The van der Waals surface area contributed by atoms with Crippen molar-refractivity contribution in [3.63, 3.8) is 0 Å². The first-order valence-electron chi connectivity index (χ1n) is 5.65. The number of nitrogens with zero attached hydrogens (tertiary/aromatic N) is 2. The molecule has 0 N–H and O–H groups in total. The van der Waals surface area contributed by atoms with Gasteiger partial charge in [0.2, 0.25) is 5.69 Å². The molecule has 16 heavy (non-hydrogen) atoms.